The Labute approximate surface area is 341 Å². The monoisotopic (exact) mass is 847 g/mol. The number of carboxylic acids is 2. The van der Waals surface area contributed by atoms with Crippen LogP contribution in [0.15, 0.2) is 0 Å². The fourth-order valence-electron chi connectivity index (χ4n) is 5.22. The van der Waals surface area contributed by atoms with Crippen LogP contribution in [0.4, 0.5) is 0 Å². The fourth-order valence-corrected chi connectivity index (χ4v) is 5.70. The second-order valence-electron chi connectivity index (χ2n) is 14.2. The van der Waals surface area contributed by atoms with Crippen LogP contribution in [0, 0.1) is 11.8 Å². The second-order valence-corrected chi connectivity index (χ2v) is 15.1. The van der Waals surface area contributed by atoms with Crippen LogP contribution in [0.2, 0.25) is 0 Å². The minimum absolute atomic E-state index is 0.00548. The molecular weight excluding hydrogens is 787 g/mol. The van der Waals surface area contributed by atoms with Crippen molar-refractivity contribution in [1.29, 1.82) is 0 Å². The zero-order valence-electron chi connectivity index (χ0n) is 33.5. The lowest BCUT2D eigenvalue weighted by atomic mass is 9.97. The summed E-state index contributed by atoms with van der Waals surface area (Å²) in [5.41, 5.74) is 16.2. The van der Waals surface area contributed by atoms with E-state index >= 15 is 0 Å². The van der Waals surface area contributed by atoms with Gasteiger partial charge < -0.3 is 64.4 Å². The molecule has 0 aromatic carbocycles. The van der Waals surface area contributed by atoms with E-state index in [0.29, 0.717) is 12.2 Å². The molecule has 0 spiro atoms. The highest BCUT2D eigenvalue weighted by Crippen LogP contribution is 2.12. The van der Waals surface area contributed by atoms with Gasteiger partial charge >= 0.3 is 11.9 Å². The lowest BCUT2D eigenvalue weighted by molar-refractivity contribution is -0.143. The van der Waals surface area contributed by atoms with Crippen molar-refractivity contribution in [2.75, 3.05) is 18.6 Å². The van der Waals surface area contributed by atoms with E-state index in [1.54, 1.807) is 34.0 Å². The van der Waals surface area contributed by atoms with E-state index in [-0.39, 0.29) is 38.0 Å². The third-order valence-electron chi connectivity index (χ3n) is 8.80. The van der Waals surface area contributed by atoms with Gasteiger partial charge in [-0.25, -0.2) is 4.79 Å². The van der Waals surface area contributed by atoms with Gasteiger partial charge in [-0.15, -0.1) is 0 Å². The van der Waals surface area contributed by atoms with E-state index in [4.69, 9.17) is 22.3 Å². The topological polar surface area (TPSA) is 382 Å². The SMILES string of the molecule is CC[C@H](C)[C@H](NC(=O)[C@@H](N)CCC(N)=O)C(=O)N[C@@H](CO)C(=O)N[C@@H](CCSC)C(=O)N[C@@H](CC(C)C)C(=O)N[C@@H](CCC(N)=O)C(=O)N[C@@H](CCC(=O)O)C(=O)O. The van der Waals surface area contributed by atoms with Crippen LogP contribution in [-0.2, 0) is 47.9 Å². The van der Waals surface area contributed by atoms with Gasteiger partial charge in [-0.05, 0) is 55.9 Å². The number of carbonyl (C=O) groups is 10. The Bertz CT molecular complexity index is 1450. The number of nitrogens with two attached hydrogens (primary N) is 3. The Morgan fingerprint density at radius 1 is 0.586 bits per heavy atom. The van der Waals surface area contributed by atoms with Gasteiger partial charge in [-0.2, -0.15) is 11.8 Å². The van der Waals surface area contributed by atoms with E-state index in [2.05, 4.69) is 31.9 Å². The van der Waals surface area contributed by atoms with Crippen molar-refractivity contribution in [1.82, 2.24) is 31.9 Å². The van der Waals surface area contributed by atoms with Crippen LogP contribution in [-0.4, -0.2) is 135 Å². The van der Waals surface area contributed by atoms with Gasteiger partial charge in [0.1, 0.15) is 36.3 Å². The molecule has 330 valence electrons. The first-order chi connectivity index (χ1) is 27.1. The van der Waals surface area contributed by atoms with Crippen LogP contribution in [0.3, 0.4) is 0 Å². The minimum atomic E-state index is -1.64. The molecule has 15 N–H and O–H groups in total. The van der Waals surface area contributed by atoms with Gasteiger partial charge in [-0.1, -0.05) is 34.1 Å². The molecule has 8 atom stereocenters. The predicted octanol–water partition coefficient (Wildman–Crippen LogP) is -3.46. The number of hydrogen-bond acceptors (Lipinski definition) is 13. The van der Waals surface area contributed by atoms with E-state index in [1.807, 2.05) is 0 Å². The molecule has 0 saturated heterocycles. The number of nitrogens with one attached hydrogen (secondary N) is 6. The van der Waals surface area contributed by atoms with Crippen molar-refractivity contribution >= 4 is 71.0 Å². The number of hydrogen-bond donors (Lipinski definition) is 12. The van der Waals surface area contributed by atoms with Crippen LogP contribution in [0.25, 0.3) is 0 Å². The van der Waals surface area contributed by atoms with Crippen molar-refractivity contribution in [3.8, 4) is 0 Å². The Hall–Kier alpha value is -5.03. The highest BCUT2D eigenvalue weighted by Gasteiger charge is 2.35. The predicted molar refractivity (Wildman–Crippen MR) is 210 cm³/mol. The zero-order chi connectivity index (χ0) is 44.7. The smallest absolute Gasteiger partial charge is 0.326 e. The first kappa shape index (κ1) is 53.0. The largest absolute Gasteiger partial charge is 0.481 e. The number of carbonyl (C=O) groups excluding carboxylic acids is 8. The number of aliphatic carboxylic acids is 2. The quantitative estimate of drug-likeness (QED) is 0.0334. The maximum absolute atomic E-state index is 13.7. The molecule has 0 bridgehead atoms. The molecule has 22 nitrogen and oxygen atoms in total. The number of thioether (sulfide) groups is 1. The summed E-state index contributed by atoms with van der Waals surface area (Å²) < 4.78 is 0. The molecule has 0 rings (SSSR count). The van der Waals surface area contributed by atoms with Crippen LogP contribution in [0.5, 0.6) is 0 Å². The molecule has 8 amide bonds. The van der Waals surface area contributed by atoms with Crippen LogP contribution in [0.1, 0.15) is 85.5 Å². The average molecular weight is 848 g/mol. The molecule has 58 heavy (non-hydrogen) atoms. The second kappa shape index (κ2) is 27.6. The molecule has 0 aliphatic carbocycles. The highest BCUT2D eigenvalue weighted by atomic mass is 32.2. The first-order valence-corrected chi connectivity index (χ1v) is 20.2. The third-order valence-corrected chi connectivity index (χ3v) is 9.45. The molecule has 23 heteroatoms. The van der Waals surface area contributed by atoms with E-state index in [9.17, 15) is 58.2 Å². The van der Waals surface area contributed by atoms with Gasteiger partial charge in [0, 0.05) is 19.3 Å². The summed E-state index contributed by atoms with van der Waals surface area (Å²) in [6.07, 6.45) is 0.0626. The zero-order valence-corrected chi connectivity index (χ0v) is 34.4. The number of aliphatic hydroxyl groups is 1. The lowest BCUT2D eigenvalue weighted by Crippen LogP contribution is -2.61. The fraction of sp³-hybridized carbons (Fsp3) is 0.714. The number of amides is 8. The summed E-state index contributed by atoms with van der Waals surface area (Å²) in [5, 5.41) is 43.0. The first-order valence-electron chi connectivity index (χ1n) is 18.8. The summed E-state index contributed by atoms with van der Waals surface area (Å²) in [5.74, 6) is -10.1. The molecule has 0 fully saturated rings. The summed E-state index contributed by atoms with van der Waals surface area (Å²) >= 11 is 1.33. The van der Waals surface area contributed by atoms with Gasteiger partial charge in [0.2, 0.25) is 47.3 Å². The molecule has 0 aromatic rings. The average Bonchev–Trinajstić information content (AvgIpc) is 3.14. The molecule has 0 aromatic heterocycles. The molecular formula is C35H61N9O13S. The number of aliphatic hydroxyl groups excluding tert-OH is 1. The summed E-state index contributed by atoms with van der Waals surface area (Å²) in [6, 6.07) is -9.82. The molecule has 0 unspecified atom stereocenters. The number of rotatable bonds is 30. The summed E-state index contributed by atoms with van der Waals surface area (Å²) in [6.45, 7) is 5.95. The van der Waals surface area contributed by atoms with Crippen molar-refractivity contribution in [2.45, 2.75) is 128 Å². The summed E-state index contributed by atoms with van der Waals surface area (Å²) in [7, 11) is 0. The Morgan fingerprint density at radius 3 is 1.50 bits per heavy atom. The van der Waals surface area contributed by atoms with Crippen molar-refractivity contribution in [2.24, 2.45) is 29.0 Å². The highest BCUT2D eigenvalue weighted by molar-refractivity contribution is 7.98. The van der Waals surface area contributed by atoms with Crippen LogP contribution < -0.4 is 49.1 Å². The summed E-state index contributed by atoms with van der Waals surface area (Å²) in [4.78, 5) is 125. The number of primary amides is 2. The van der Waals surface area contributed by atoms with E-state index in [1.165, 1.54) is 11.8 Å². The normalized spacial score (nSPS) is 15.2. The molecule has 0 aliphatic heterocycles. The van der Waals surface area contributed by atoms with Crippen molar-refractivity contribution in [3.63, 3.8) is 0 Å². The van der Waals surface area contributed by atoms with Gasteiger partial charge in [0.15, 0.2) is 0 Å². The molecule has 0 aliphatic rings. The standard InChI is InChI=1S/C35H61N9O13S/c1-6-18(4)28(44-29(50)19(36)7-10-25(37)46)34(55)43-24(16-45)33(54)40-21(13-14-58-5)31(52)42-23(15-17(2)3)32(53)39-20(8-11-26(38)47)30(51)41-22(35(56)57)9-12-27(48)49/h17-24,28,45H,6-16,36H2,1-5H3,(H2,37,46)(H2,38,47)(H,39,53)(H,40,54)(H,41,51)(H,42,52)(H,43,55)(H,44,50)(H,48,49)(H,56,57)/t18-,19-,20-,21-,22-,23-,24-,28-/m0/s1. The van der Waals surface area contributed by atoms with Gasteiger partial charge in [0.05, 0.1) is 12.6 Å². The van der Waals surface area contributed by atoms with Gasteiger partial charge in [-0.3, -0.25) is 43.2 Å². The maximum atomic E-state index is 13.7. The van der Waals surface area contributed by atoms with Crippen LogP contribution >= 0.6 is 11.8 Å². The molecule has 0 saturated carbocycles. The van der Waals surface area contributed by atoms with Gasteiger partial charge in [0.25, 0.3) is 0 Å². The molecule has 0 radical (unpaired) electrons. The minimum Gasteiger partial charge on any atom is -0.481 e. The van der Waals surface area contributed by atoms with Crippen molar-refractivity contribution < 1.29 is 63.3 Å². The molecule has 0 heterocycles. The third kappa shape index (κ3) is 20.9. The lowest BCUT2D eigenvalue weighted by Gasteiger charge is -2.28. The Kier molecular flexibility index (Phi) is 25.2. The number of carboxylic acid groups (broad SMARTS) is 2. The Morgan fingerprint density at radius 2 is 1.03 bits per heavy atom. The van der Waals surface area contributed by atoms with E-state index < -0.39 is 133 Å². The van der Waals surface area contributed by atoms with E-state index in [0.717, 1.165) is 0 Å². The maximum Gasteiger partial charge on any atom is 0.326 e. The Balaban J connectivity index is 6.20. The van der Waals surface area contributed by atoms with Crippen molar-refractivity contribution in [3.05, 3.63) is 0 Å².